The van der Waals surface area contributed by atoms with E-state index in [4.69, 9.17) is 0 Å². The van der Waals surface area contributed by atoms with Gasteiger partial charge in [0.2, 0.25) is 0 Å². The number of aryl methyl sites for hydroxylation is 3. The van der Waals surface area contributed by atoms with E-state index in [1.54, 1.807) is 0 Å². The molecule has 1 atom stereocenters. The minimum atomic E-state index is -0.558. The number of hydrogen-bond acceptors (Lipinski definition) is 1. The lowest BCUT2D eigenvalue weighted by Gasteiger charge is -2.19. The van der Waals surface area contributed by atoms with Crippen LogP contribution < -0.4 is 0 Å². The lowest BCUT2D eigenvalue weighted by Crippen LogP contribution is -2.06. The van der Waals surface area contributed by atoms with Crippen LogP contribution in [0.5, 0.6) is 0 Å². The Hall–Kier alpha value is -1.12. The molecule has 0 aromatic heterocycles. The van der Waals surface area contributed by atoms with Crippen LogP contribution in [-0.4, -0.2) is 5.11 Å². The molecule has 20 heavy (non-hydrogen) atoms. The third-order valence-electron chi connectivity index (χ3n) is 4.14. The van der Waals surface area contributed by atoms with Gasteiger partial charge in [-0.1, -0.05) is 46.3 Å². The van der Waals surface area contributed by atoms with Crippen molar-refractivity contribution in [2.75, 3.05) is 0 Å². The van der Waals surface area contributed by atoms with Crippen molar-refractivity contribution in [1.29, 1.82) is 0 Å². The van der Waals surface area contributed by atoms with Crippen molar-refractivity contribution >= 4 is 15.9 Å². The lowest BCUT2D eigenvalue weighted by molar-refractivity contribution is 0.219. The van der Waals surface area contributed by atoms with Crippen LogP contribution >= 0.6 is 15.9 Å². The third-order valence-corrected chi connectivity index (χ3v) is 4.83. The molecule has 0 saturated carbocycles. The summed E-state index contributed by atoms with van der Waals surface area (Å²) >= 11 is 3.56. The zero-order valence-electron chi connectivity index (χ0n) is 11.7. The first-order valence-corrected chi connectivity index (χ1v) is 8.00. The molecular formula is C18H19BrO. The fraction of sp³-hybridized carbons (Fsp3) is 0.333. The lowest BCUT2D eigenvalue weighted by atomic mass is 9.88. The number of benzene rings is 2. The summed E-state index contributed by atoms with van der Waals surface area (Å²) in [5.74, 6) is 0. The van der Waals surface area contributed by atoms with Gasteiger partial charge in [0.05, 0.1) is 0 Å². The maximum atomic E-state index is 10.6. The van der Waals surface area contributed by atoms with E-state index in [-0.39, 0.29) is 0 Å². The van der Waals surface area contributed by atoms with Crippen LogP contribution in [0.2, 0.25) is 0 Å². The predicted octanol–water partition coefficient (Wildman–Crippen LogP) is 4.72. The molecule has 1 aliphatic rings. The number of aliphatic hydroxyl groups is 1. The molecule has 0 saturated heterocycles. The highest BCUT2D eigenvalue weighted by molar-refractivity contribution is 9.10. The molecule has 2 heteroatoms. The van der Waals surface area contributed by atoms with Crippen LogP contribution in [0.25, 0.3) is 0 Å². The van der Waals surface area contributed by atoms with Gasteiger partial charge in [0.25, 0.3) is 0 Å². The predicted molar refractivity (Wildman–Crippen MR) is 86.0 cm³/mol. The molecule has 0 radical (unpaired) electrons. The summed E-state index contributed by atoms with van der Waals surface area (Å²) in [5.41, 5.74) is 5.99. The minimum Gasteiger partial charge on any atom is -0.384 e. The Bertz CT molecular complexity index is 633. The Kier molecular flexibility index (Phi) is 3.95. The van der Waals surface area contributed by atoms with Gasteiger partial charge in [0.1, 0.15) is 6.10 Å². The van der Waals surface area contributed by atoms with Crippen molar-refractivity contribution in [3.63, 3.8) is 0 Å². The number of halogens is 1. The Labute approximate surface area is 128 Å². The molecule has 1 aliphatic carbocycles. The zero-order chi connectivity index (χ0) is 14.1. The van der Waals surface area contributed by atoms with Crippen molar-refractivity contribution in [2.45, 2.75) is 38.7 Å². The highest BCUT2D eigenvalue weighted by Gasteiger charge is 2.16. The molecular weight excluding hydrogens is 312 g/mol. The fourth-order valence-electron chi connectivity index (χ4n) is 2.96. The number of hydrogen-bond donors (Lipinski definition) is 1. The van der Waals surface area contributed by atoms with Crippen LogP contribution in [0.1, 0.15) is 46.8 Å². The average Bonchev–Trinajstić information content (AvgIpc) is 2.46. The second-order valence-corrected chi connectivity index (χ2v) is 6.52. The van der Waals surface area contributed by atoms with Crippen LogP contribution in [-0.2, 0) is 12.8 Å². The van der Waals surface area contributed by atoms with Crippen molar-refractivity contribution in [3.05, 3.63) is 68.7 Å². The Balaban J connectivity index is 1.95. The SMILES string of the molecule is Cc1ccc(C(O)c2ccc3c(c2)CCCC3)c(Br)c1. The van der Waals surface area contributed by atoms with Gasteiger partial charge in [-0.05, 0) is 66.5 Å². The average molecular weight is 331 g/mol. The number of rotatable bonds is 2. The van der Waals surface area contributed by atoms with Gasteiger partial charge in [-0.15, -0.1) is 0 Å². The molecule has 1 N–H and O–H groups in total. The van der Waals surface area contributed by atoms with E-state index in [2.05, 4.69) is 47.1 Å². The summed E-state index contributed by atoms with van der Waals surface area (Å²) in [4.78, 5) is 0. The maximum absolute atomic E-state index is 10.6. The minimum absolute atomic E-state index is 0.558. The maximum Gasteiger partial charge on any atom is 0.105 e. The summed E-state index contributed by atoms with van der Waals surface area (Å²) in [7, 11) is 0. The molecule has 0 amide bonds. The van der Waals surface area contributed by atoms with E-state index in [0.717, 1.165) is 22.0 Å². The van der Waals surface area contributed by atoms with Crippen molar-refractivity contribution in [2.24, 2.45) is 0 Å². The van der Waals surface area contributed by atoms with Gasteiger partial charge in [-0.2, -0.15) is 0 Å². The molecule has 3 rings (SSSR count). The van der Waals surface area contributed by atoms with Crippen molar-refractivity contribution in [3.8, 4) is 0 Å². The first kappa shape index (κ1) is 13.8. The molecule has 0 aliphatic heterocycles. The highest BCUT2D eigenvalue weighted by atomic mass is 79.9. The molecule has 2 aromatic carbocycles. The topological polar surface area (TPSA) is 20.2 Å². The van der Waals surface area contributed by atoms with Gasteiger partial charge in [-0.25, -0.2) is 0 Å². The normalized spacial score (nSPS) is 15.8. The first-order chi connectivity index (χ1) is 9.65. The Morgan fingerprint density at radius 2 is 1.75 bits per heavy atom. The van der Waals surface area contributed by atoms with E-state index in [0.29, 0.717) is 0 Å². The molecule has 2 aromatic rings. The van der Waals surface area contributed by atoms with Crippen molar-refractivity contribution in [1.82, 2.24) is 0 Å². The van der Waals surface area contributed by atoms with Gasteiger partial charge in [-0.3, -0.25) is 0 Å². The molecule has 104 valence electrons. The van der Waals surface area contributed by atoms with E-state index in [1.165, 1.54) is 36.0 Å². The molecule has 0 bridgehead atoms. The van der Waals surface area contributed by atoms with Crippen LogP contribution in [0.3, 0.4) is 0 Å². The summed E-state index contributed by atoms with van der Waals surface area (Å²) < 4.78 is 0.975. The highest BCUT2D eigenvalue weighted by Crippen LogP contribution is 2.31. The molecule has 0 heterocycles. The van der Waals surface area contributed by atoms with E-state index >= 15 is 0 Å². The van der Waals surface area contributed by atoms with Gasteiger partial charge in [0.15, 0.2) is 0 Å². The quantitative estimate of drug-likeness (QED) is 0.844. The summed E-state index contributed by atoms with van der Waals surface area (Å²) in [5, 5.41) is 10.6. The molecule has 1 nitrogen and oxygen atoms in total. The summed E-state index contributed by atoms with van der Waals surface area (Å²) in [6, 6.07) is 12.5. The molecule has 0 fully saturated rings. The standard InChI is InChI=1S/C18H19BrO/c1-12-6-9-16(17(19)10-12)18(20)15-8-7-13-4-2-3-5-14(13)11-15/h6-11,18,20H,2-5H2,1H3. The number of fused-ring (bicyclic) bond motifs is 1. The second kappa shape index (κ2) is 5.71. The first-order valence-electron chi connectivity index (χ1n) is 7.21. The third kappa shape index (κ3) is 2.68. The molecule has 0 spiro atoms. The van der Waals surface area contributed by atoms with Gasteiger partial charge >= 0.3 is 0 Å². The van der Waals surface area contributed by atoms with Crippen LogP contribution in [0.15, 0.2) is 40.9 Å². The van der Waals surface area contributed by atoms with Crippen LogP contribution in [0.4, 0.5) is 0 Å². The monoisotopic (exact) mass is 330 g/mol. The van der Waals surface area contributed by atoms with E-state index in [1.807, 2.05) is 12.1 Å². The summed E-state index contributed by atoms with van der Waals surface area (Å²) in [6.07, 6.45) is 4.32. The zero-order valence-corrected chi connectivity index (χ0v) is 13.3. The van der Waals surface area contributed by atoms with Crippen molar-refractivity contribution < 1.29 is 5.11 Å². The van der Waals surface area contributed by atoms with Gasteiger partial charge < -0.3 is 5.11 Å². The van der Waals surface area contributed by atoms with E-state index < -0.39 is 6.10 Å². The fourth-order valence-corrected chi connectivity index (χ4v) is 3.67. The largest absolute Gasteiger partial charge is 0.384 e. The smallest absolute Gasteiger partial charge is 0.105 e. The summed E-state index contributed by atoms with van der Waals surface area (Å²) in [6.45, 7) is 2.06. The number of aliphatic hydroxyl groups excluding tert-OH is 1. The molecule has 1 unspecified atom stereocenters. The van der Waals surface area contributed by atoms with Crippen LogP contribution in [0, 0.1) is 6.92 Å². The van der Waals surface area contributed by atoms with Gasteiger partial charge in [0, 0.05) is 4.47 Å². The Morgan fingerprint density at radius 1 is 1.00 bits per heavy atom. The second-order valence-electron chi connectivity index (χ2n) is 5.66. The Morgan fingerprint density at radius 3 is 2.50 bits per heavy atom. The van der Waals surface area contributed by atoms with E-state index in [9.17, 15) is 5.11 Å².